The summed E-state index contributed by atoms with van der Waals surface area (Å²) in [7, 11) is -6.07. The van der Waals surface area contributed by atoms with E-state index in [1.54, 1.807) is 0 Å². The molecule has 0 amide bonds. The molecule has 0 heterocycles. The van der Waals surface area contributed by atoms with Gasteiger partial charge in [0, 0.05) is 0 Å². The summed E-state index contributed by atoms with van der Waals surface area (Å²) < 4.78 is 57.3. The van der Waals surface area contributed by atoms with E-state index in [-0.39, 0.29) is 0 Å². The van der Waals surface area contributed by atoms with Gasteiger partial charge in [-0.2, -0.15) is 8.78 Å². The highest BCUT2D eigenvalue weighted by Crippen LogP contribution is 2.21. The van der Waals surface area contributed by atoms with Crippen LogP contribution in [0.25, 0.3) is 0 Å². The molecule has 0 unspecified atom stereocenters. The fourth-order valence-corrected chi connectivity index (χ4v) is 0.587. The second-order valence-corrected chi connectivity index (χ2v) is 3.25. The number of alkyl halides is 2. The molecule has 0 rings (SSSR count). The van der Waals surface area contributed by atoms with Gasteiger partial charge in [0.15, 0.2) is 10.1 Å². The van der Waals surface area contributed by atoms with Crippen LogP contribution >= 0.6 is 0 Å². The van der Waals surface area contributed by atoms with E-state index in [9.17, 15) is 26.5 Å². The van der Waals surface area contributed by atoms with Gasteiger partial charge in [0.2, 0.25) is 0 Å². The molecule has 0 aliphatic heterocycles. The summed E-state index contributed by atoms with van der Waals surface area (Å²) in [5.41, 5.74) is 0. The van der Waals surface area contributed by atoms with Crippen molar-refractivity contribution in [1.82, 2.24) is 0 Å². The number of hydrogen-bond acceptors (Lipinski definition) is 6. The highest BCUT2D eigenvalue weighted by molar-refractivity contribution is 7.87. The van der Waals surface area contributed by atoms with Gasteiger partial charge in [-0.05, 0) is 0 Å². The van der Waals surface area contributed by atoms with E-state index in [0.29, 0.717) is 0 Å². The third kappa shape index (κ3) is 2.86. The lowest BCUT2D eigenvalue weighted by molar-refractivity contribution is -0.162. The molecule has 13 heavy (non-hydrogen) atoms. The number of halogens is 2. The number of carbonyl (C=O) groups excluding carboxylic acids is 1. The van der Waals surface area contributed by atoms with E-state index in [0.717, 1.165) is 0 Å². The van der Waals surface area contributed by atoms with E-state index in [1.807, 2.05) is 0 Å². The predicted molar refractivity (Wildman–Crippen MR) is 32.7 cm³/mol. The minimum Gasteiger partial charge on any atom is -0.743 e. The smallest absolute Gasteiger partial charge is 0.428 e. The van der Waals surface area contributed by atoms with Crippen LogP contribution in [0, 0.1) is 0 Å². The maximum atomic E-state index is 12.2. The van der Waals surface area contributed by atoms with Crippen LogP contribution in [0.3, 0.4) is 0 Å². The minimum atomic E-state index is -6.07. The summed E-state index contributed by atoms with van der Waals surface area (Å²) in [5.74, 6) is -2.49. The Morgan fingerprint density at radius 3 is 2.31 bits per heavy atom. The molecule has 0 bridgehead atoms. The van der Waals surface area contributed by atoms with Crippen LogP contribution in [0.15, 0.2) is 0 Å². The molecular weight excluding hydrogens is 214 g/mol. The van der Waals surface area contributed by atoms with E-state index >= 15 is 0 Å². The standard InChI is InChI=1S/C4H6F2O6S/c5-4(6,13(9,10)11)3(8)12-2-1-7/h7H,1-2H2,(H,9,10,11)/p-1. The summed E-state index contributed by atoms with van der Waals surface area (Å²) in [6.07, 6.45) is 0. The molecule has 0 spiro atoms. The van der Waals surface area contributed by atoms with Crippen molar-refractivity contribution in [2.24, 2.45) is 0 Å². The fourth-order valence-electron chi connectivity index (χ4n) is 0.324. The quantitative estimate of drug-likeness (QED) is 0.463. The van der Waals surface area contributed by atoms with Gasteiger partial charge in [-0.1, -0.05) is 0 Å². The highest BCUT2D eigenvalue weighted by atomic mass is 32.2. The van der Waals surface area contributed by atoms with Gasteiger partial charge >= 0.3 is 11.2 Å². The molecule has 0 aromatic heterocycles. The molecule has 78 valence electrons. The van der Waals surface area contributed by atoms with E-state index in [4.69, 9.17) is 5.11 Å². The minimum absolute atomic E-state index is 0.749. The second-order valence-electron chi connectivity index (χ2n) is 1.83. The molecule has 0 aromatic carbocycles. The van der Waals surface area contributed by atoms with Crippen LogP contribution < -0.4 is 0 Å². The van der Waals surface area contributed by atoms with Crippen molar-refractivity contribution in [2.45, 2.75) is 5.25 Å². The van der Waals surface area contributed by atoms with E-state index in [2.05, 4.69) is 4.74 Å². The molecule has 0 aromatic rings. The Balaban J connectivity index is 4.57. The first-order valence-corrected chi connectivity index (χ1v) is 4.25. The summed E-state index contributed by atoms with van der Waals surface area (Å²) in [6.45, 7) is -1.55. The zero-order valence-electron chi connectivity index (χ0n) is 6.07. The largest absolute Gasteiger partial charge is 0.743 e. The maximum Gasteiger partial charge on any atom is 0.428 e. The van der Waals surface area contributed by atoms with Crippen molar-refractivity contribution in [3.8, 4) is 0 Å². The van der Waals surface area contributed by atoms with Gasteiger partial charge in [0.25, 0.3) is 0 Å². The SMILES string of the molecule is O=C(OCCO)C(F)(F)S(=O)(=O)[O-]. The lowest BCUT2D eigenvalue weighted by Crippen LogP contribution is -2.39. The van der Waals surface area contributed by atoms with Gasteiger partial charge < -0.3 is 14.4 Å². The summed E-state index contributed by atoms with van der Waals surface area (Å²) in [5, 5.41) is 2.93. The number of hydrogen-bond donors (Lipinski definition) is 1. The Kier molecular flexibility index (Phi) is 3.70. The van der Waals surface area contributed by atoms with Crippen molar-refractivity contribution in [2.75, 3.05) is 13.2 Å². The van der Waals surface area contributed by atoms with Crippen molar-refractivity contribution >= 4 is 16.1 Å². The molecule has 0 radical (unpaired) electrons. The van der Waals surface area contributed by atoms with Crippen molar-refractivity contribution in [1.29, 1.82) is 0 Å². The number of esters is 1. The average molecular weight is 219 g/mol. The van der Waals surface area contributed by atoms with Crippen LogP contribution in [0.1, 0.15) is 0 Å². The van der Waals surface area contributed by atoms with E-state index < -0.39 is 34.6 Å². The Morgan fingerprint density at radius 2 is 2.00 bits per heavy atom. The van der Waals surface area contributed by atoms with E-state index in [1.165, 1.54) is 0 Å². The fraction of sp³-hybridized carbons (Fsp3) is 0.750. The topological polar surface area (TPSA) is 104 Å². The van der Waals surface area contributed by atoms with Crippen LogP contribution in [0.2, 0.25) is 0 Å². The molecule has 0 atom stereocenters. The van der Waals surface area contributed by atoms with Gasteiger partial charge in [-0.3, -0.25) is 0 Å². The van der Waals surface area contributed by atoms with Crippen LogP contribution in [0.5, 0.6) is 0 Å². The molecule has 0 fully saturated rings. The van der Waals surface area contributed by atoms with Crippen molar-refractivity contribution in [3.05, 3.63) is 0 Å². The Bertz CT molecular complexity index is 283. The normalized spacial score (nSPS) is 12.6. The number of carbonyl (C=O) groups is 1. The zero-order valence-corrected chi connectivity index (χ0v) is 6.88. The monoisotopic (exact) mass is 219 g/mol. The van der Waals surface area contributed by atoms with Crippen molar-refractivity contribution < 1.29 is 36.4 Å². The average Bonchev–Trinajstić information content (AvgIpc) is 1.97. The van der Waals surface area contributed by atoms with Crippen LogP contribution in [-0.4, -0.2) is 42.5 Å². The third-order valence-corrected chi connectivity index (χ3v) is 1.67. The first-order valence-electron chi connectivity index (χ1n) is 2.85. The van der Waals surface area contributed by atoms with Crippen LogP contribution in [-0.2, 0) is 19.6 Å². The summed E-state index contributed by atoms with van der Waals surface area (Å²) >= 11 is 0. The van der Waals surface area contributed by atoms with Crippen molar-refractivity contribution in [3.63, 3.8) is 0 Å². The Morgan fingerprint density at radius 1 is 1.54 bits per heavy atom. The molecule has 0 saturated heterocycles. The first-order chi connectivity index (χ1) is 5.73. The number of aliphatic hydroxyl groups is 1. The molecule has 6 nitrogen and oxygen atoms in total. The molecule has 9 heteroatoms. The number of rotatable bonds is 4. The predicted octanol–water partition coefficient (Wildman–Crippen LogP) is -1.34. The van der Waals surface area contributed by atoms with Crippen LogP contribution in [0.4, 0.5) is 8.78 Å². The summed E-state index contributed by atoms with van der Waals surface area (Å²) in [6, 6.07) is 0. The molecule has 0 aliphatic rings. The molecular formula is C4H5F2O6S-. The maximum absolute atomic E-state index is 12.2. The van der Waals surface area contributed by atoms with Gasteiger partial charge in [-0.15, -0.1) is 0 Å². The highest BCUT2D eigenvalue weighted by Gasteiger charge is 2.48. The lowest BCUT2D eigenvalue weighted by atomic mass is 10.7. The second kappa shape index (κ2) is 3.94. The zero-order chi connectivity index (χ0) is 10.7. The number of ether oxygens (including phenoxy) is 1. The Hall–Kier alpha value is -0.800. The van der Waals surface area contributed by atoms with Gasteiger partial charge in [0.1, 0.15) is 6.61 Å². The molecule has 0 saturated carbocycles. The van der Waals surface area contributed by atoms with Gasteiger partial charge in [-0.25, -0.2) is 13.2 Å². The summed E-state index contributed by atoms with van der Waals surface area (Å²) in [4.78, 5) is 10.2. The Labute approximate surface area is 71.9 Å². The van der Waals surface area contributed by atoms with Gasteiger partial charge in [0.05, 0.1) is 6.61 Å². The lowest BCUT2D eigenvalue weighted by Gasteiger charge is -2.17. The number of aliphatic hydroxyl groups excluding tert-OH is 1. The molecule has 1 N–H and O–H groups in total. The molecule has 0 aliphatic carbocycles. The first kappa shape index (κ1) is 12.2. The third-order valence-electron chi connectivity index (χ3n) is 0.876.